The van der Waals surface area contributed by atoms with E-state index in [2.05, 4.69) is 39.0 Å². The standard InChI is InChI=1S/C25H38N4O5S/c1-35(31,32)29-10-7-25(8-11-29)20-21(34-24(25)30)6-9-26-12-14-27(15-13-26)22-4-2-3-5-23(22)28-16-18-33-19-17-28/h2-5,21H,6-20H2,1H3/t21-/m0/s1. The average molecular weight is 507 g/mol. The number of sulfonamides is 1. The molecule has 35 heavy (non-hydrogen) atoms. The van der Waals surface area contributed by atoms with Crippen molar-refractivity contribution < 1.29 is 22.7 Å². The molecule has 0 N–H and O–H groups in total. The van der Waals surface area contributed by atoms with E-state index in [9.17, 15) is 13.2 Å². The minimum atomic E-state index is -3.20. The van der Waals surface area contributed by atoms with Crippen LogP contribution in [-0.4, -0.2) is 108 Å². The van der Waals surface area contributed by atoms with Gasteiger partial charge in [0.25, 0.3) is 0 Å². The van der Waals surface area contributed by atoms with Gasteiger partial charge in [-0.1, -0.05) is 12.1 Å². The first kappa shape index (κ1) is 24.8. The molecule has 1 atom stereocenters. The fourth-order valence-electron chi connectivity index (χ4n) is 5.99. The zero-order chi connectivity index (χ0) is 24.5. The van der Waals surface area contributed by atoms with Gasteiger partial charge in [0, 0.05) is 65.3 Å². The molecule has 0 unspecified atom stereocenters. The van der Waals surface area contributed by atoms with Gasteiger partial charge in [0.1, 0.15) is 6.10 Å². The number of esters is 1. The number of anilines is 2. The van der Waals surface area contributed by atoms with Crippen LogP contribution in [0.5, 0.6) is 0 Å². The van der Waals surface area contributed by atoms with Gasteiger partial charge in [-0.25, -0.2) is 12.7 Å². The maximum absolute atomic E-state index is 12.7. The normalized spacial score (nSPS) is 26.3. The number of hydrogen-bond donors (Lipinski definition) is 0. The van der Waals surface area contributed by atoms with Crippen LogP contribution in [0.4, 0.5) is 11.4 Å². The number of carbonyl (C=O) groups is 1. The Bertz CT molecular complexity index is 997. The first-order chi connectivity index (χ1) is 16.8. The van der Waals surface area contributed by atoms with Crippen LogP contribution in [0.1, 0.15) is 25.7 Å². The number of hydrogen-bond acceptors (Lipinski definition) is 8. The number of piperidine rings is 1. The third-order valence-corrected chi connectivity index (χ3v) is 9.49. The Hall–Kier alpha value is -1.88. The SMILES string of the molecule is CS(=O)(=O)N1CCC2(CC1)C[C@H](CCN1CCN(c3ccccc3N3CCOCC3)CC1)OC2=O. The van der Waals surface area contributed by atoms with Crippen molar-refractivity contribution in [1.82, 2.24) is 9.21 Å². The van der Waals surface area contributed by atoms with Crippen molar-refractivity contribution in [2.24, 2.45) is 5.41 Å². The van der Waals surface area contributed by atoms with Crippen molar-refractivity contribution in [1.29, 1.82) is 0 Å². The number of carbonyl (C=O) groups excluding carboxylic acids is 1. The van der Waals surface area contributed by atoms with Crippen LogP contribution in [0.2, 0.25) is 0 Å². The van der Waals surface area contributed by atoms with E-state index in [1.165, 1.54) is 21.9 Å². The number of cyclic esters (lactones) is 1. The number of morpholine rings is 1. The van der Waals surface area contributed by atoms with Crippen LogP contribution in [0.15, 0.2) is 24.3 Å². The van der Waals surface area contributed by atoms with E-state index in [0.717, 1.165) is 71.9 Å². The minimum absolute atomic E-state index is 0.0626. The average Bonchev–Trinajstić information content (AvgIpc) is 3.17. The van der Waals surface area contributed by atoms with Gasteiger partial charge in [0.15, 0.2) is 0 Å². The van der Waals surface area contributed by atoms with E-state index in [1.54, 1.807) is 0 Å². The monoisotopic (exact) mass is 506 g/mol. The molecule has 4 heterocycles. The van der Waals surface area contributed by atoms with Gasteiger partial charge in [0.2, 0.25) is 10.0 Å². The molecule has 0 bridgehead atoms. The van der Waals surface area contributed by atoms with Gasteiger partial charge in [-0.05, 0) is 31.4 Å². The molecule has 0 radical (unpaired) electrons. The van der Waals surface area contributed by atoms with Crippen LogP contribution in [-0.2, 0) is 24.3 Å². The number of ether oxygens (including phenoxy) is 2. The summed E-state index contributed by atoms with van der Waals surface area (Å²) >= 11 is 0. The molecule has 1 aromatic rings. The second-order valence-corrected chi connectivity index (χ2v) is 12.4. The first-order valence-electron chi connectivity index (χ1n) is 12.9. The molecule has 9 nitrogen and oxygen atoms in total. The fourth-order valence-corrected chi connectivity index (χ4v) is 6.84. The third kappa shape index (κ3) is 5.45. The third-order valence-electron chi connectivity index (χ3n) is 8.19. The van der Waals surface area contributed by atoms with Gasteiger partial charge in [0.05, 0.1) is 36.3 Å². The van der Waals surface area contributed by atoms with E-state index < -0.39 is 15.4 Å². The second-order valence-electron chi connectivity index (χ2n) is 10.4. The smallest absolute Gasteiger partial charge is 0.312 e. The highest BCUT2D eigenvalue weighted by Crippen LogP contribution is 2.44. The maximum Gasteiger partial charge on any atom is 0.312 e. The van der Waals surface area contributed by atoms with Crippen molar-refractivity contribution in [2.45, 2.75) is 31.8 Å². The van der Waals surface area contributed by atoms with Crippen LogP contribution in [0, 0.1) is 5.41 Å². The molecule has 4 saturated heterocycles. The summed E-state index contributed by atoms with van der Waals surface area (Å²) in [4.78, 5) is 20.1. The van der Waals surface area contributed by atoms with Crippen LogP contribution >= 0.6 is 0 Å². The van der Waals surface area contributed by atoms with Gasteiger partial charge < -0.3 is 19.3 Å². The Morgan fingerprint density at radius 3 is 2.11 bits per heavy atom. The number of nitrogens with zero attached hydrogens (tertiary/aromatic N) is 4. The molecule has 4 aliphatic heterocycles. The largest absolute Gasteiger partial charge is 0.462 e. The predicted molar refractivity (Wildman–Crippen MR) is 135 cm³/mol. The minimum Gasteiger partial charge on any atom is -0.462 e. The molecule has 4 fully saturated rings. The molecular formula is C25H38N4O5S. The van der Waals surface area contributed by atoms with Crippen LogP contribution in [0.3, 0.4) is 0 Å². The molecule has 0 aliphatic carbocycles. The molecule has 0 aromatic heterocycles. The van der Waals surface area contributed by atoms with E-state index in [0.29, 0.717) is 25.9 Å². The summed E-state index contributed by atoms with van der Waals surface area (Å²) in [5, 5.41) is 0. The lowest BCUT2D eigenvalue weighted by Gasteiger charge is -2.39. The fraction of sp³-hybridized carbons (Fsp3) is 0.720. The summed E-state index contributed by atoms with van der Waals surface area (Å²) in [6.07, 6.45) is 3.87. The molecule has 4 aliphatic rings. The lowest BCUT2D eigenvalue weighted by atomic mass is 9.76. The second kappa shape index (κ2) is 10.2. The van der Waals surface area contributed by atoms with E-state index in [4.69, 9.17) is 9.47 Å². The summed E-state index contributed by atoms with van der Waals surface area (Å²) in [6.45, 7) is 9.13. The Balaban J connectivity index is 1.10. The predicted octanol–water partition coefficient (Wildman–Crippen LogP) is 1.39. The molecule has 1 aromatic carbocycles. The number of piperazine rings is 1. The number of benzene rings is 1. The molecule has 5 rings (SSSR count). The van der Waals surface area contributed by atoms with Gasteiger partial charge in [-0.15, -0.1) is 0 Å². The van der Waals surface area contributed by atoms with Crippen molar-refractivity contribution in [3.63, 3.8) is 0 Å². The van der Waals surface area contributed by atoms with Gasteiger partial charge in [-0.3, -0.25) is 9.69 Å². The summed E-state index contributed by atoms with van der Waals surface area (Å²) < 4.78 is 36.4. The summed E-state index contributed by atoms with van der Waals surface area (Å²) in [6, 6.07) is 8.69. The zero-order valence-corrected chi connectivity index (χ0v) is 21.5. The van der Waals surface area contributed by atoms with Crippen molar-refractivity contribution in [3.05, 3.63) is 24.3 Å². The Morgan fingerprint density at radius 1 is 0.914 bits per heavy atom. The van der Waals surface area contributed by atoms with Gasteiger partial charge >= 0.3 is 5.97 Å². The summed E-state index contributed by atoms with van der Waals surface area (Å²) in [5.74, 6) is -0.125. The zero-order valence-electron chi connectivity index (χ0n) is 20.7. The molecule has 194 valence electrons. The van der Waals surface area contributed by atoms with Gasteiger partial charge in [-0.2, -0.15) is 0 Å². The highest BCUT2D eigenvalue weighted by Gasteiger charge is 2.51. The lowest BCUT2D eigenvalue weighted by molar-refractivity contribution is -0.150. The molecule has 0 amide bonds. The summed E-state index contributed by atoms with van der Waals surface area (Å²) in [5.41, 5.74) is 2.11. The highest BCUT2D eigenvalue weighted by molar-refractivity contribution is 7.88. The van der Waals surface area contributed by atoms with Crippen molar-refractivity contribution in [3.8, 4) is 0 Å². The number of rotatable bonds is 6. The highest BCUT2D eigenvalue weighted by atomic mass is 32.2. The molecule has 0 saturated carbocycles. The Morgan fingerprint density at radius 2 is 1.51 bits per heavy atom. The van der Waals surface area contributed by atoms with Crippen LogP contribution < -0.4 is 9.80 Å². The number of para-hydroxylation sites is 2. The molecule has 10 heteroatoms. The quantitative estimate of drug-likeness (QED) is 0.536. The van der Waals surface area contributed by atoms with E-state index in [-0.39, 0.29) is 12.1 Å². The van der Waals surface area contributed by atoms with Crippen molar-refractivity contribution in [2.75, 3.05) is 88.2 Å². The Labute approximate surface area is 209 Å². The molecule has 1 spiro atoms. The van der Waals surface area contributed by atoms with Crippen LogP contribution in [0.25, 0.3) is 0 Å². The van der Waals surface area contributed by atoms with E-state index >= 15 is 0 Å². The summed E-state index contributed by atoms with van der Waals surface area (Å²) in [7, 11) is -3.20. The Kier molecular flexibility index (Phi) is 7.25. The topological polar surface area (TPSA) is 82.6 Å². The first-order valence-corrected chi connectivity index (χ1v) is 14.7. The maximum atomic E-state index is 12.7. The van der Waals surface area contributed by atoms with Crippen molar-refractivity contribution >= 4 is 27.4 Å². The van der Waals surface area contributed by atoms with E-state index in [1.807, 2.05) is 0 Å². The molecular weight excluding hydrogens is 468 g/mol. The lowest BCUT2D eigenvalue weighted by Crippen LogP contribution is -2.47.